The maximum atomic E-state index is 10.3. The minimum atomic E-state index is -0.912. The van der Waals surface area contributed by atoms with E-state index in [9.17, 15) is 9.90 Å². The van der Waals surface area contributed by atoms with E-state index in [1.54, 1.807) is 6.08 Å². The van der Waals surface area contributed by atoms with Gasteiger partial charge in [0.2, 0.25) is 0 Å². The smallest absolute Gasteiger partial charge is 0.328 e. The molecule has 2 N–H and O–H groups in total. The summed E-state index contributed by atoms with van der Waals surface area (Å²) in [6.07, 6.45) is 6.25. The van der Waals surface area contributed by atoms with Crippen molar-refractivity contribution in [3.63, 3.8) is 0 Å². The molecule has 0 aliphatic rings. The van der Waals surface area contributed by atoms with Gasteiger partial charge in [0.05, 0.1) is 0 Å². The molecule has 0 saturated heterocycles. The van der Waals surface area contributed by atoms with Gasteiger partial charge in [-0.3, -0.25) is 0 Å². The van der Waals surface area contributed by atoms with E-state index in [2.05, 4.69) is 39.0 Å². The number of carboxylic acid groups (broad SMARTS) is 1. The molecule has 3 heteroatoms. The van der Waals surface area contributed by atoms with Gasteiger partial charge in [0.25, 0.3) is 0 Å². The lowest BCUT2D eigenvalue weighted by molar-refractivity contribution is -0.131. The topological polar surface area (TPSA) is 57.5 Å². The van der Waals surface area contributed by atoms with Crippen molar-refractivity contribution >= 4 is 12.0 Å². The molecule has 0 aromatic heterocycles. The summed E-state index contributed by atoms with van der Waals surface area (Å²) in [5.74, 6) is -0.0252. The second kappa shape index (κ2) is 11.1. The molecule has 0 aliphatic carbocycles. The Morgan fingerprint density at radius 2 is 1.77 bits per heavy atom. The molecule has 140 valence electrons. The molecule has 0 atom stereocenters. The molecule has 0 unspecified atom stereocenters. The molecule has 2 rings (SSSR count). The van der Waals surface area contributed by atoms with Gasteiger partial charge in [-0.05, 0) is 60.1 Å². The van der Waals surface area contributed by atoms with E-state index in [4.69, 9.17) is 5.11 Å². The Bertz CT molecular complexity index is 713. The molecular weight excluding hydrogens is 324 g/mol. The average Bonchev–Trinajstić information content (AvgIpc) is 2.61. The largest absolute Gasteiger partial charge is 0.508 e. The van der Waals surface area contributed by atoms with Crippen molar-refractivity contribution in [2.24, 2.45) is 0 Å². The fourth-order valence-corrected chi connectivity index (χ4v) is 2.33. The Hall–Kier alpha value is -2.55. The zero-order chi connectivity index (χ0) is 19.5. The van der Waals surface area contributed by atoms with E-state index < -0.39 is 5.97 Å². The molecule has 2 aromatic rings. The predicted octanol–water partition coefficient (Wildman–Crippen LogP) is 5.95. The predicted molar refractivity (Wildman–Crippen MR) is 109 cm³/mol. The SMILES string of the molecule is CCCCc1ccc(C=CC(=O)O)cc1.Cc1ccc(C(C)C)cc1O. The Morgan fingerprint density at radius 1 is 1.12 bits per heavy atom. The number of rotatable bonds is 6. The first kappa shape index (κ1) is 21.5. The van der Waals surface area contributed by atoms with E-state index in [1.165, 1.54) is 24.0 Å². The third-order valence-electron chi connectivity index (χ3n) is 4.12. The lowest BCUT2D eigenvalue weighted by Crippen LogP contribution is -1.87. The number of hydrogen-bond donors (Lipinski definition) is 2. The van der Waals surface area contributed by atoms with Crippen LogP contribution in [0.3, 0.4) is 0 Å². The van der Waals surface area contributed by atoms with E-state index in [-0.39, 0.29) is 0 Å². The average molecular weight is 354 g/mol. The van der Waals surface area contributed by atoms with Crippen molar-refractivity contribution in [2.75, 3.05) is 0 Å². The summed E-state index contributed by atoms with van der Waals surface area (Å²) in [5, 5.41) is 17.8. The number of aryl methyl sites for hydroxylation is 2. The van der Waals surface area contributed by atoms with Crippen LogP contribution >= 0.6 is 0 Å². The van der Waals surface area contributed by atoms with Crippen LogP contribution in [-0.4, -0.2) is 16.2 Å². The molecule has 0 bridgehead atoms. The lowest BCUT2D eigenvalue weighted by Gasteiger charge is -2.06. The first-order chi connectivity index (χ1) is 12.3. The van der Waals surface area contributed by atoms with Crippen LogP contribution in [0.5, 0.6) is 5.75 Å². The Kier molecular flexibility index (Phi) is 9.21. The summed E-state index contributed by atoms with van der Waals surface area (Å²) in [5.41, 5.74) is 4.37. The third kappa shape index (κ3) is 8.02. The van der Waals surface area contributed by atoms with Crippen LogP contribution in [0.4, 0.5) is 0 Å². The zero-order valence-electron chi connectivity index (χ0n) is 16.2. The second-order valence-corrected chi connectivity index (χ2v) is 6.72. The molecule has 3 nitrogen and oxygen atoms in total. The number of benzene rings is 2. The van der Waals surface area contributed by atoms with E-state index >= 15 is 0 Å². The molecule has 26 heavy (non-hydrogen) atoms. The van der Waals surface area contributed by atoms with Crippen molar-refractivity contribution in [3.8, 4) is 5.75 Å². The minimum Gasteiger partial charge on any atom is -0.508 e. The molecule has 0 radical (unpaired) electrons. The molecule has 0 heterocycles. The fraction of sp³-hybridized carbons (Fsp3) is 0.348. The molecule has 2 aromatic carbocycles. The third-order valence-corrected chi connectivity index (χ3v) is 4.12. The van der Waals surface area contributed by atoms with Crippen molar-refractivity contribution < 1.29 is 15.0 Å². The Balaban J connectivity index is 0.000000273. The summed E-state index contributed by atoms with van der Waals surface area (Å²) in [4.78, 5) is 10.3. The van der Waals surface area contributed by atoms with Gasteiger partial charge in [-0.2, -0.15) is 0 Å². The second-order valence-electron chi connectivity index (χ2n) is 6.72. The normalized spacial score (nSPS) is 10.7. The van der Waals surface area contributed by atoms with Gasteiger partial charge in [0.15, 0.2) is 0 Å². The van der Waals surface area contributed by atoms with Crippen LogP contribution in [0.25, 0.3) is 6.08 Å². The summed E-state index contributed by atoms with van der Waals surface area (Å²) >= 11 is 0. The van der Waals surface area contributed by atoms with Crippen LogP contribution in [0, 0.1) is 6.92 Å². The Labute approximate surface area is 157 Å². The van der Waals surface area contributed by atoms with Crippen LogP contribution in [0.15, 0.2) is 48.5 Å². The monoisotopic (exact) mass is 354 g/mol. The maximum Gasteiger partial charge on any atom is 0.328 e. The van der Waals surface area contributed by atoms with Gasteiger partial charge < -0.3 is 10.2 Å². The number of carboxylic acids is 1. The van der Waals surface area contributed by atoms with Crippen LogP contribution in [0.2, 0.25) is 0 Å². The molecule has 0 spiro atoms. The van der Waals surface area contributed by atoms with Gasteiger partial charge in [0, 0.05) is 6.08 Å². The standard InChI is InChI=1S/C13H16O2.C10H14O/c1-2-3-4-11-5-7-12(8-6-11)9-10-13(14)15;1-7(2)9-5-4-8(3)10(11)6-9/h5-10H,2-4H2,1H3,(H,14,15);4-7,11H,1-3H3. The number of hydrogen-bond acceptors (Lipinski definition) is 2. The zero-order valence-corrected chi connectivity index (χ0v) is 16.2. The van der Waals surface area contributed by atoms with Gasteiger partial charge in [-0.15, -0.1) is 0 Å². The van der Waals surface area contributed by atoms with Gasteiger partial charge in [-0.25, -0.2) is 4.79 Å². The Morgan fingerprint density at radius 3 is 2.27 bits per heavy atom. The van der Waals surface area contributed by atoms with Gasteiger partial charge >= 0.3 is 5.97 Å². The minimum absolute atomic E-state index is 0.399. The number of phenols is 1. The highest BCUT2D eigenvalue weighted by Gasteiger charge is 2.01. The number of aromatic hydroxyl groups is 1. The highest BCUT2D eigenvalue weighted by molar-refractivity contribution is 5.85. The number of unbranched alkanes of at least 4 members (excludes halogenated alkanes) is 1. The summed E-state index contributed by atoms with van der Waals surface area (Å²) in [6, 6.07) is 13.8. The fourth-order valence-electron chi connectivity index (χ4n) is 2.33. The van der Waals surface area contributed by atoms with Crippen molar-refractivity contribution in [1.29, 1.82) is 0 Å². The first-order valence-electron chi connectivity index (χ1n) is 9.13. The molecule has 0 amide bonds. The number of aliphatic carboxylic acids is 1. The molecule has 0 aliphatic heterocycles. The quantitative estimate of drug-likeness (QED) is 0.630. The first-order valence-corrected chi connectivity index (χ1v) is 9.13. The van der Waals surface area contributed by atoms with Gasteiger partial charge in [0.1, 0.15) is 5.75 Å². The molecule has 0 saturated carbocycles. The van der Waals surface area contributed by atoms with Crippen LogP contribution in [-0.2, 0) is 11.2 Å². The van der Waals surface area contributed by atoms with Crippen LogP contribution < -0.4 is 0 Å². The number of carbonyl (C=O) groups is 1. The van der Waals surface area contributed by atoms with Crippen molar-refractivity contribution in [3.05, 3.63) is 70.8 Å². The number of phenolic OH excluding ortho intramolecular Hbond substituents is 1. The molecular formula is C23H30O3. The maximum absolute atomic E-state index is 10.3. The summed E-state index contributed by atoms with van der Waals surface area (Å²) in [6.45, 7) is 8.30. The highest BCUT2D eigenvalue weighted by Crippen LogP contribution is 2.22. The molecule has 0 fully saturated rings. The van der Waals surface area contributed by atoms with E-state index in [0.717, 1.165) is 23.6 Å². The van der Waals surface area contributed by atoms with E-state index in [0.29, 0.717) is 11.7 Å². The lowest BCUT2D eigenvalue weighted by atomic mass is 10.0. The highest BCUT2D eigenvalue weighted by atomic mass is 16.4. The van der Waals surface area contributed by atoms with Gasteiger partial charge in [-0.1, -0.05) is 63.6 Å². The summed E-state index contributed by atoms with van der Waals surface area (Å²) in [7, 11) is 0. The van der Waals surface area contributed by atoms with Crippen LogP contribution in [0.1, 0.15) is 61.8 Å². The van der Waals surface area contributed by atoms with E-state index in [1.807, 2.05) is 31.2 Å². The summed E-state index contributed by atoms with van der Waals surface area (Å²) < 4.78 is 0. The van der Waals surface area contributed by atoms with Crippen molar-refractivity contribution in [1.82, 2.24) is 0 Å². The van der Waals surface area contributed by atoms with Crippen molar-refractivity contribution in [2.45, 2.75) is 52.9 Å².